The van der Waals surface area contributed by atoms with Crippen LogP contribution in [0.2, 0.25) is 0 Å². The Balaban J connectivity index is 1.39. The van der Waals surface area contributed by atoms with E-state index in [0.717, 1.165) is 48.7 Å². The molecule has 2 aromatic rings. The Labute approximate surface area is 158 Å². The van der Waals surface area contributed by atoms with Crippen molar-refractivity contribution in [3.05, 3.63) is 53.1 Å². The van der Waals surface area contributed by atoms with Gasteiger partial charge in [0.1, 0.15) is 6.10 Å². The van der Waals surface area contributed by atoms with Crippen molar-refractivity contribution in [2.24, 2.45) is 0 Å². The highest BCUT2D eigenvalue weighted by molar-refractivity contribution is 5.93. The van der Waals surface area contributed by atoms with Gasteiger partial charge >= 0.3 is 5.97 Å². The number of benzene rings is 2. The predicted molar refractivity (Wildman–Crippen MR) is 101 cm³/mol. The smallest absolute Gasteiger partial charge is 0.339 e. The van der Waals surface area contributed by atoms with Crippen LogP contribution < -0.4 is 14.4 Å². The first-order valence-corrected chi connectivity index (χ1v) is 9.34. The first-order chi connectivity index (χ1) is 13.2. The maximum absolute atomic E-state index is 12.7. The highest BCUT2D eigenvalue weighted by Gasteiger charge is 2.29. The lowest BCUT2D eigenvalue weighted by atomic mass is 9.94. The fourth-order valence-electron chi connectivity index (χ4n) is 3.93. The summed E-state index contributed by atoms with van der Waals surface area (Å²) in [5, 5.41) is 0. The molecule has 2 aromatic carbocycles. The third kappa shape index (κ3) is 3.00. The molecule has 3 heterocycles. The van der Waals surface area contributed by atoms with Crippen molar-refractivity contribution in [3.63, 3.8) is 0 Å². The fourth-order valence-corrected chi connectivity index (χ4v) is 3.93. The molecule has 3 aliphatic rings. The monoisotopic (exact) mass is 366 g/mol. The minimum Gasteiger partial charge on any atom is -0.454 e. The van der Waals surface area contributed by atoms with Crippen LogP contribution in [0.5, 0.6) is 11.5 Å². The van der Waals surface area contributed by atoms with Gasteiger partial charge in [-0.2, -0.15) is 0 Å². The molecule has 6 nitrogen and oxygen atoms in total. The summed E-state index contributed by atoms with van der Waals surface area (Å²) in [5.41, 5.74) is 3.75. The molecule has 27 heavy (non-hydrogen) atoms. The van der Waals surface area contributed by atoms with Crippen LogP contribution in [-0.2, 0) is 11.2 Å². The van der Waals surface area contributed by atoms with E-state index in [1.54, 1.807) is 0 Å². The number of hydrogen-bond donors (Lipinski definition) is 0. The molecule has 0 amide bonds. The van der Waals surface area contributed by atoms with Gasteiger partial charge < -0.3 is 24.0 Å². The first kappa shape index (κ1) is 16.4. The molecule has 0 N–H and O–H groups in total. The van der Waals surface area contributed by atoms with E-state index in [2.05, 4.69) is 29.0 Å². The molecular formula is C21H22N2O4. The quantitative estimate of drug-likeness (QED) is 0.762. The van der Waals surface area contributed by atoms with Gasteiger partial charge in [-0.1, -0.05) is 12.1 Å². The average Bonchev–Trinajstić information content (AvgIpc) is 3.16. The van der Waals surface area contributed by atoms with Crippen LogP contribution in [0, 0.1) is 0 Å². The number of rotatable bonds is 2. The number of carbonyl (C=O) groups is 1. The van der Waals surface area contributed by atoms with Crippen LogP contribution in [0.3, 0.4) is 0 Å². The van der Waals surface area contributed by atoms with Crippen molar-refractivity contribution in [2.45, 2.75) is 12.5 Å². The molecule has 1 fully saturated rings. The fraction of sp³-hybridized carbons (Fsp3) is 0.381. The highest BCUT2D eigenvalue weighted by atomic mass is 16.7. The number of hydrogen-bond acceptors (Lipinski definition) is 6. The van der Waals surface area contributed by atoms with E-state index in [4.69, 9.17) is 14.2 Å². The molecule has 0 bridgehead atoms. The van der Waals surface area contributed by atoms with E-state index in [1.807, 2.05) is 24.3 Å². The van der Waals surface area contributed by atoms with Crippen LogP contribution in [0.25, 0.3) is 0 Å². The lowest BCUT2D eigenvalue weighted by Gasteiger charge is -2.35. The number of likely N-dealkylation sites (N-methyl/N-ethyl adjacent to an activating group) is 1. The first-order valence-electron chi connectivity index (χ1n) is 9.34. The summed E-state index contributed by atoms with van der Waals surface area (Å²) in [5.74, 6) is 1.19. The third-order valence-electron chi connectivity index (χ3n) is 5.60. The summed E-state index contributed by atoms with van der Waals surface area (Å²) in [6.07, 6.45) is 0.373. The zero-order valence-electron chi connectivity index (χ0n) is 15.3. The standard InChI is InChI=1S/C21H22N2O4/c1-22-6-8-23(9-7-22)16-4-2-14-10-19(27-21(24)17(14)12-16)15-3-5-18-20(11-15)26-13-25-18/h2-5,11-12,19H,6-10,13H2,1H3. The lowest BCUT2D eigenvalue weighted by Crippen LogP contribution is -2.44. The van der Waals surface area contributed by atoms with Crippen molar-refractivity contribution in [3.8, 4) is 11.5 Å². The molecule has 0 spiro atoms. The van der Waals surface area contributed by atoms with Crippen LogP contribution >= 0.6 is 0 Å². The molecule has 0 radical (unpaired) electrons. The van der Waals surface area contributed by atoms with Gasteiger partial charge in [0, 0.05) is 38.3 Å². The second kappa shape index (κ2) is 6.46. The van der Waals surface area contributed by atoms with Gasteiger partial charge in [0.05, 0.1) is 5.56 Å². The van der Waals surface area contributed by atoms with Crippen LogP contribution in [0.1, 0.15) is 27.6 Å². The molecule has 1 saturated heterocycles. The van der Waals surface area contributed by atoms with Gasteiger partial charge in [-0.15, -0.1) is 0 Å². The number of cyclic esters (lactones) is 1. The Kier molecular flexibility index (Phi) is 3.93. The zero-order chi connectivity index (χ0) is 18.4. The average molecular weight is 366 g/mol. The molecule has 5 rings (SSSR count). The number of carbonyl (C=O) groups excluding carboxylic acids is 1. The number of esters is 1. The van der Waals surface area contributed by atoms with Crippen LogP contribution in [0.15, 0.2) is 36.4 Å². The maximum Gasteiger partial charge on any atom is 0.339 e. The van der Waals surface area contributed by atoms with Gasteiger partial charge in [-0.05, 0) is 42.4 Å². The topological polar surface area (TPSA) is 51.2 Å². The van der Waals surface area contributed by atoms with Crippen LogP contribution in [-0.4, -0.2) is 50.9 Å². The molecule has 0 aliphatic carbocycles. The minimum absolute atomic E-state index is 0.237. The number of anilines is 1. The zero-order valence-corrected chi connectivity index (χ0v) is 15.3. The molecular weight excluding hydrogens is 344 g/mol. The van der Waals surface area contributed by atoms with Crippen molar-refractivity contribution < 1.29 is 19.0 Å². The second-order valence-electron chi connectivity index (χ2n) is 7.34. The highest BCUT2D eigenvalue weighted by Crippen LogP contribution is 2.38. The van der Waals surface area contributed by atoms with E-state index in [9.17, 15) is 4.79 Å². The molecule has 6 heteroatoms. The van der Waals surface area contributed by atoms with E-state index in [0.29, 0.717) is 17.7 Å². The molecule has 3 aliphatic heterocycles. The number of piperazine rings is 1. The van der Waals surface area contributed by atoms with Crippen molar-refractivity contribution in [2.75, 3.05) is 44.9 Å². The van der Waals surface area contributed by atoms with Crippen molar-refractivity contribution in [1.82, 2.24) is 4.90 Å². The summed E-state index contributed by atoms with van der Waals surface area (Å²) in [4.78, 5) is 17.3. The second-order valence-corrected chi connectivity index (χ2v) is 7.34. The summed E-state index contributed by atoms with van der Waals surface area (Å²) in [7, 11) is 2.14. The number of nitrogens with zero attached hydrogens (tertiary/aromatic N) is 2. The Hall–Kier alpha value is -2.73. The van der Waals surface area contributed by atoms with E-state index >= 15 is 0 Å². The summed E-state index contributed by atoms with van der Waals surface area (Å²) in [6.45, 7) is 4.26. The Morgan fingerprint density at radius 1 is 0.963 bits per heavy atom. The maximum atomic E-state index is 12.7. The Morgan fingerprint density at radius 2 is 1.78 bits per heavy atom. The largest absolute Gasteiger partial charge is 0.454 e. The van der Waals surface area contributed by atoms with Gasteiger partial charge in [-0.3, -0.25) is 0 Å². The lowest BCUT2D eigenvalue weighted by molar-refractivity contribution is 0.0252. The normalized spacial score (nSPS) is 21.7. The van der Waals surface area contributed by atoms with Gasteiger partial charge in [0.15, 0.2) is 11.5 Å². The molecule has 140 valence electrons. The minimum atomic E-state index is -0.297. The Bertz CT molecular complexity index is 890. The number of fused-ring (bicyclic) bond motifs is 2. The summed E-state index contributed by atoms with van der Waals surface area (Å²) >= 11 is 0. The van der Waals surface area contributed by atoms with Gasteiger partial charge in [0.25, 0.3) is 0 Å². The third-order valence-corrected chi connectivity index (χ3v) is 5.60. The summed E-state index contributed by atoms with van der Waals surface area (Å²) < 4.78 is 16.6. The molecule has 1 unspecified atom stereocenters. The van der Waals surface area contributed by atoms with E-state index in [-0.39, 0.29) is 18.9 Å². The molecule has 0 saturated carbocycles. The Morgan fingerprint density at radius 3 is 2.63 bits per heavy atom. The van der Waals surface area contributed by atoms with E-state index < -0.39 is 0 Å². The summed E-state index contributed by atoms with van der Waals surface area (Å²) in [6, 6.07) is 11.9. The molecule has 1 atom stereocenters. The number of ether oxygens (including phenoxy) is 3. The SMILES string of the molecule is CN1CCN(c2ccc3c(c2)C(=O)OC(c2ccc4c(c2)OCO4)C3)CC1. The van der Waals surface area contributed by atoms with Crippen molar-refractivity contribution in [1.29, 1.82) is 0 Å². The van der Waals surface area contributed by atoms with Crippen LogP contribution in [0.4, 0.5) is 5.69 Å². The van der Waals surface area contributed by atoms with Crippen molar-refractivity contribution >= 4 is 11.7 Å². The van der Waals surface area contributed by atoms with E-state index in [1.165, 1.54) is 0 Å². The predicted octanol–water partition coefficient (Wildman–Crippen LogP) is 2.62. The van der Waals surface area contributed by atoms with Gasteiger partial charge in [0.2, 0.25) is 6.79 Å². The molecule has 0 aromatic heterocycles. The van der Waals surface area contributed by atoms with Gasteiger partial charge in [-0.25, -0.2) is 4.79 Å².